The van der Waals surface area contributed by atoms with Crippen molar-refractivity contribution in [3.8, 4) is 0 Å². The minimum absolute atomic E-state index is 0.190. The van der Waals surface area contributed by atoms with Crippen molar-refractivity contribution in [3.05, 3.63) is 18.2 Å². The molecule has 2 aliphatic rings. The van der Waals surface area contributed by atoms with E-state index in [1.807, 2.05) is 11.0 Å². The summed E-state index contributed by atoms with van der Waals surface area (Å²) in [4.78, 5) is 2.68. The van der Waals surface area contributed by atoms with E-state index < -0.39 is 20.8 Å². The van der Waals surface area contributed by atoms with E-state index in [1.54, 1.807) is 19.2 Å². The van der Waals surface area contributed by atoms with Crippen molar-refractivity contribution < 1.29 is 12.6 Å². The highest BCUT2D eigenvalue weighted by Crippen LogP contribution is 2.37. The Morgan fingerprint density at radius 2 is 2.04 bits per heavy atom. The van der Waals surface area contributed by atoms with Crippen LogP contribution < -0.4 is 10.2 Å². The van der Waals surface area contributed by atoms with Gasteiger partial charge < -0.3 is 10.2 Å². The lowest BCUT2D eigenvalue weighted by Crippen LogP contribution is -2.37. The molecule has 1 N–H and O–H groups in total. The Morgan fingerprint density at radius 3 is 2.73 bits per heavy atom. The van der Waals surface area contributed by atoms with Crippen LogP contribution >= 0.6 is 0 Å². The van der Waals surface area contributed by atoms with Gasteiger partial charge in [0.1, 0.15) is 4.90 Å². The Bertz CT molecular complexity index is 761. The molecule has 26 heavy (non-hydrogen) atoms. The molecule has 0 saturated heterocycles. The monoisotopic (exact) mass is 399 g/mol. The van der Waals surface area contributed by atoms with Crippen LogP contribution in [0.5, 0.6) is 0 Å². The van der Waals surface area contributed by atoms with E-state index in [4.69, 9.17) is 0 Å². The Kier molecular flexibility index (Phi) is 6.37. The van der Waals surface area contributed by atoms with Crippen molar-refractivity contribution in [3.63, 3.8) is 0 Å². The standard InChI is InChI=1S/C18H29N3O3S2/c1-3-12-21-14-25(22)18-16(21)9-6-10-17(18)26(23,24)20(2)13-11-19-15-7-4-5-8-15/h6,9-10,15,19H,3-5,7-8,11-14H2,1-2H3. The quantitative estimate of drug-likeness (QED) is 0.725. The first kappa shape index (κ1) is 19.8. The lowest BCUT2D eigenvalue weighted by molar-refractivity contribution is 0.434. The zero-order valence-corrected chi connectivity index (χ0v) is 17.2. The van der Waals surface area contributed by atoms with Crippen LogP contribution in [0, 0.1) is 0 Å². The third-order valence-corrected chi connectivity index (χ3v) is 8.66. The van der Waals surface area contributed by atoms with E-state index in [0.29, 0.717) is 29.9 Å². The number of hydrogen-bond donors (Lipinski definition) is 1. The van der Waals surface area contributed by atoms with Crippen LogP contribution in [-0.4, -0.2) is 55.5 Å². The smallest absolute Gasteiger partial charge is 0.244 e. The van der Waals surface area contributed by atoms with Crippen LogP contribution in [0.2, 0.25) is 0 Å². The van der Waals surface area contributed by atoms with Crippen LogP contribution in [0.4, 0.5) is 5.69 Å². The maximum Gasteiger partial charge on any atom is 0.244 e. The van der Waals surface area contributed by atoms with Gasteiger partial charge in [-0.1, -0.05) is 25.8 Å². The molecule has 0 radical (unpaired) electrons. The van der Waals surface area contributed by atoms with Crippen LogP contribution in [0.15, 0.2) is 28.0 Å². The molecule has 1 fully saturated rings. The Morgan fingerprint density at radius 1 is 1.31 bits per heavy atom. The molecule has 1 aromatic carbocycles. The molecule has 1 atom stereocenters. The molecule has 1 saturated carbocycles. The topological polar surface area (TPSA) is 69.7 Å². The van der Waals surface area contributed by atoms with Crippen molar-refractivity contribution in [1.29, 1.82) is 0 Å². The van der Waals surface area contributed by atoms with Crippen LogP contribution in [0.25, 0.3) is 0 Å². The van der Waals surface area contributed by atoms with Crippen LogP contribution in [-0.2, 0) is 20.8 Å². The molecule has 1 heterocycles. The first-order valence-electron chi connectivity index (χ1n) is 9.41. The highest BCUT2D eigenvalue weighted by molar-refractivity contribution is 7.91. The molecule has 0 spiro atoms. The molecule has 8 heteroatoms. The van der Waals surface area contributed by atoms with Gasteiger partial charge in [0, 0.05) is 32.7 Å². The van der Waals surface area contributed by atoms with Gasteiger partial charge in [-0.2, -0.15) is 4.31 Å². The molecule has 1 aliphatic heterocycles. The molecular formula is C18H29N3O3S2. The minimum atomic E-state index is -3.66. The average Bonchev–Trinajstić information content (AvgIpc) is 3.24. The number of fused-ring (bicyclic) bond motifs is 1. The molecule has 146 valence electrons. The van der Waals surface area contributed by atoms with Crippen molar-refractivity contribution in [1.82, 2.24) is 9.62 Å². The predicted molar refractivity (Wildman–Crippen MR) is 105 cm³/mol. The van der Waals surface area contributed by atoms with Gasteiger partial charge in [0.2, 0.25) is 10.0 Å². The summed E-state index contributed by atoms with van der Waals surface area (Å²) in [6.07, 6.45) is 5.79. The molecule has 0 aromatic heterocycles. The number of likely N-dealkylation sites (N-methyl/N-ethyl adjacent to an activating group) is 1. The van der Waals surface area contributed by atoms with Crippen molar-refractivity contribution >= 4 is 26.5 Å². The first-order valence-corrected chi connectivity index (χ1v) is 12.2. The Balaban J connectivity index is 1.75. The van der Waals surface area contributed by atoms with Gasteiger partial charge in [0.05, 0.1) is 27.3 Å². The number of nitrogens with one attached hydrogen (secondary N) is 1. The van der Waals surface area contributed by atoms with Crippen LogP contribution in [0.1, 0.15) is 39.0 Å². The first-order chi connectivity index (χ1) is 12.4. The molecule has 3 rings (SSSR count). The highest BCUT2D eigenvalue weighted by atomic mass is 32.2. The fourth-order valence-electron chi connectivity index (χ4n) is 3.76. The molecule has 1 aliphatic carbocycles. The SMILES string of the molecule is CCCN1CS(=O)c2c1cccc2S(=O)(=O)N(C)CCNC1CCCC1. The normalized spacial score (nSPS) is 20.9. The summed E-state index contributed by atoms with van der Waals surface area (Å²) in [5, 5.41) is 3.45. The zero-order valence-electron chi connectivity index (χ0n) is 15.6. The molecule has 1 aromatic rings. The summed E-state index contributed by atoms with van der Waals surface area (Å²) in [5.41, 5.74) is 0.795. The summed E-state index contributed by atoms with van der Waals surface area (Å²) in [6.45, 7) is 3.89. The third-order valence-electron chi connectivity index (χ3n) is 5.20. The van der Waals surface area contributed by atoms with Gasteiger partial charge in [-0.3, -0.25) is 4.21 Å². The third kappa shape index (κ3) is 3.98. The Hall–Kier alpha value is -0.960. The summed E-state index contributed by atoms with van der Waals surface area (Å²) in [5.74, 6) is 0.378. The van der Waals surface area contributed by atoms with Gasteiger partial charge in [-0.25, -0.2) is 8.42 Å². The van der Waals surface area contributed by atoms with Crippen molar-refractivity contribution in [2.24, 2.45) is 0 Å². The lowest BCUT2D eigenvalue weighted by Gasteiger charge is -2.21. The fraction of sp³-hybridized carbons (Fsp3) is 0.667. The predicted octanol–water partition coefficient (Wildman–Crippen LogP) is 2.13. The van der Waals surface area contributed by atoms with E-state index in [-0.39, 0.29) is 4.90 Å². The van der Waals surface area contributed by atoms with Crippen LogP contribution in [0.3, 0.4) is 0 Å². The van der Waals surface area contributed by atoms with E-state index in [2.05, 4.69) is 12.2 Å². The summed E-state index contributed by atoms with van der Waals surface area (Å²) in [6, 6.07) is 5.72. The number of hydrogen-bond acceptors (Lipinski definition) is 5. The maximum atomic E-state index is 13.1. The van der Waals surface area contributed by atoms with E-state index in [1.165, 1.54) is 30.0 Å². The summed E-state index contributed by atoms with van der Waals surface area (Å²) >= 11 is 0. The number of sulfonamides is 1. The van der Waals surface area contributed by atoms with Crippen molar-refractivity contribution in [2.45, 2.75) is 54.9 Å². The zero-order chi connectivity index (χ0) is 18.7. The molecule has 1 unspecified atom stereocenters. The number of anilines is 1. The Labute approximate surface area is 159 Å². The minimum Gasteiger partial charge on any atom is -0.358 e. The second-order valence-electron chi connectivity index (χ2n) is 7.10. The molecule has 0 amide bonds. The lowest BCUT2D eigenvalue weighted by atomic mass is 10.2. The number of benzene rings is 1. The largest absolute Gasteiger partial charge is 0.358 e. The highest BCUT2D eigenvalue weighted by Gasteiger charge is 2.34. The van der Waals surface area contributed by atoms with E-state index in [9.17, 15) is 12.6 Å². The second kappa shape index (κ2) is 8.37. The summed E-state index contributed by atoms with van der Waals surface area (Å²) in [7, 11) is -3.36. The van der Waals surface area contributed by atoms with Gasteiger partial charge >= 0.3 is 0 Å². The molecule has 6 nitrogen and oxygen atoms in total. The average molecular weight is 400 g/mol. The summed E-state index contributed by atoms with van der Waals surface area (Å²) < 4.78 is 40.1. The molecular weight excluding hydrogens is 370 g/mol. The van der Waals surface area contributed by atoms with Gasteiger partial charge in [-0.15, -0.1) is 0 Å². The second-order valence-corrected chi connectivity index (χ2v) is 10.5. The van der Waals surface area contributed by atoms with Gasteiger partial charge in [0.15, 0.2) is 0 Å². The van der Waals surface area contributed by atoms with Gasteiger partial charge in [0.25, 0.3) is 0 Å². The molecule has 0 bridgehead atoms. The number of rotatable bonds is 8. The van der Waals surface area contributed by atoms with Gasteiger partial charge in [-0.05, 0) is 31.4 Å². The van der Waals surface area contributed by atoms with Crippen molar-refractivity contribution in [2.75, 3.05) is 37.5 Å². The fourth-order valence-corrected chi connectivity index (χ4v) is 7.01. The maximum absolute atomic E-state index is 13.1. The number of nitrogens with zero attached hydrogens (tertiary/aromatic N) is 2. The van der Waals surface area contributed by atoms with E-state index >= 15 is 0 Å². The van der Waals surface area contributed by atoms with E-state index in [0.717, 1.165) is 18.7 Å².